The fourth-order valence-electron chi connectivity index (χ4n) is 7.31. The Morgan fingerprint density at radius 3 is 2.40 bits per heavy atom. The largest absolute Gasteiger partial charge is 0.462 e. The van der Waals surface area contributed by atoms with Crippen LogP contribution < -0.4 is 0 Å². The van der Waals surface area contributed by atoms with Gasteiger partial charge in [-0.2, -0.15) is 0 Å². The monoisotopic (exact) mass is 417 g/mol. The molecular formula is C24H35NO5. The van der Waals surface area contributed by atoms with Crippen LogP contribution in [0.1, 0.15) is 72.6 Å². The van der Waals surface area contributed by atoms with Gasteiger partial charge in [0.25, 0.3) is 0 Å². The van der Waals surface area contributed by atoms with Crippen molar-refractivity contribution < 1.29 is 23.9 Å². The van der Waals surface area contributed by atoms with Gasteiger partial charge in [0.05, 0.1) is 0 Å². The molecule has 0 saturated heterocycles. The maximum absolute atomic E-state index is 11.7. The van der Waals surface area contributed by atoms with Gasteiger partial charge in [0.1, 0.15) is 25.0 Å². The van der Waals surface area contributed by atoms with Crippen molar-refractivity contribution in [1.29, 1.82) is 0 Å². The van der Waals surface area contributed by atoms with Crippen LogP contribution in [-0.2, 0) is 23.9 Å². The maximum atomic E-state index is 11.7. The fraction of sp³-hybridized carbons (Fsp3) is 0.792. The van der Waals surface area contributed by atoms with Crippen LogP contribution in [0.2, 0.25) is 0 Å². The number of ether oxygens (including phenoxy) is 2. The molecule has 0 aromatic carbocycles. The number of oxime groups is 1. The van der Waals surface area contributed by atoms with Crippen molar-refractivity contribution in [3.63, 3.8) is 0 Å². The third kappa shape index (κ3) is 3.36. The summed E-state index contributed by atoms with van der Waals surface area (Å²) in [6, 6.07) is 0. The summed E-state index contributed by atoms with van der Waals surface area (Å²) in [4.78, 5) is 28.3. The molecule has 0 N–H and O–H groups in total. The second kappa shape index (κ2) is 7.69. The molecule has 6 nitrogen and oxygen atoms in total. The molecule has 0 heterocycles. The van der Waals surface area contributed by atoms with Crippen molar-refractivity contribution in [3.8, 4) is 0 Å². The van der Waals surface area contributed by atoms with Crippen molar-refractivity contribution in [2.45, 2.75) is 84.8 Å². The van der Waals surface area contributed by atoms with Crippen molar-refractivity contribution in [2.24, 2.45) is 33.7 Å². The van der Waals surface area contributed by atoms with E-state index in [1.165, 1.54) is 19.4 Å². The van der Waals surface area contributed by atoms with E-state index in [-0.39, 0.29) is 35.0 Å². The Labute approximate surface area is 179 Å². The van der Waals surface area contributed by atoms with Gasteiger partial charge in [-0.25, -0.2) is 0 Å². The minimum atomic E-state index is -0.283. The van der Waals surface area contributed by atoms with Crippen LogP contribution in [0.15, 0.2) is 16.8 Å². The van der Waals surface area contributed by atoms with Crippen LogP contribution in [0.4, 0.5) is 0 Å². The number of rotatable bonds is 3. The Morgan fingerprint density at radius 1 is 1.03 bits per heavy atom. The van der Waals surface area contributed by atoms with Gasteiger partial charge in [0.2, 0.25) is 0 Å². The van der Waals surface area contributed by atoms with Crippen LogP contribution >= 0.6 is 0 Å². The van der Waals surface area contributed by atoms with E-state index >= 15 is 0 Å². The van der Waals surface area contributed by atoms with Crippen LogP contribution in [0.25, 0.3) is 0 Å². The van der Waals surface area contributed by atoms with Crippen molar-refractivity contribution in [3.05, 3.63) is 11.6 Å². The molecule has 30 heavy (non-hydrogen) atoms. The zero-order valence-electron chi connectivity index (χ0n) is 18.9. The van der Waals surface area contributed by atoms with Gasteiger partial charge in [-0.1, -0.05) is 30.7 Å². The van der Waals surface area contributed by atoms with Gasteiger partial charge < -0.3 is 14.3 Å². The highest BCUT2D eigenvalue weighted by molar-refractivity contribution is 5.97. The third-order valence-corrected chi connectivity index (χ3v) is 8.64. The van der Waals surface area contributed by atoms with E-state index in [2.05, 4.69) is 25.1 Å². The molecule has 0 radical (unpaired) electrons. The van der Waals surface area contributed by atoms with E-state index in [0.29, 0.717) is 17.8 Å². The molecule has 6 heteroatoms. The van der Waals surface area contributed by atoms with E-state index in [1.807, 2.05) is 0 Å². The van der Waals surface area contributed by atoms with Crippen LogP contribution in [0, 0.1) is 28.6 Å². The number of nitrogens with zero attached hydrogens (tertiary/aromatic N) is 1. The number of hydrogen-bond acceptors (Lipinski definition) is 6. The van der Waals surface area contributed by atoms with E-state index in [4.69, 9.17) is 14.3 Å². The van der Waals surface area contributed by atoms with Crippen LogP contribution in [-0.4, -0.2) is 37.0 Å². The van der Waals surface area contributed by atoms with Crippen LogP contribution in [0.5, 0.6) is 0 Å². The Balaban J connectivity index is 1.61. The molecule has 3 saturated carbocycles. The first-order valence-corrected chi connectivity index (χ1v) is 11.3. The Bertz CT molecular complexity index is 788. The van der Waals surface area contributed by atoms with E-state index in [1.54, 1.807) is 7.11 Å². The lowest BCUT2D eigenvalue weighted by Gasteiger charge is -2.57. The van der Waals surface area contributed by atoms with Gasteiger partial charge in [-0.3, -0.25) is 9.59 Å². The zero-order valence-corrected chi connectivity index (χ0v) is 18.9. The number of esters is 2. The quantitative estimate of drug-likeness (QED) is 0.386. The predicted octanol–water partition coefficient (Wildman–Crippen LogP) is 4.42. The van der Waals surface area contributed by atoms with E-state index in [0.717, 1.165) is 50.7 Å². The molecule has 0 bridgehead atoms. The molecular weight excluding hydrogens is 382 g/mol. The number of carbonyl (C=O) groups is 2. The normalized spacial score (nSPS) is 43.7. The SMILES string of the molecule is CO/N=C1\[C@@H](OC(C)=O)C[C@H]2[C@@H]3CC=C4C[C@@H](OC(C)=O)CC[C@]4(C)[C@H]3CC[C@]12C. The van der Waals surface area contributed by atoms with Crippen molar-refractivity contribution >= 4 is 17.7 Å². The first-order valence-electron chi connectivity index (χ1n) is 11.3. The molecule has 4 aliphatic rings. The third-order valence-electron chi connectivity index (χ3n) is 8.64. The standard InChI is InChI=1S/C24H35NO5/c1-14(26)29-17-8-10-23(3)16(12-17)6-7-18-19(23)9-11-24(4)20(18)13-21(30-15(2)27)22(24)25-28-5/h6,17-21H,7-13H2,1-5H3/b25-22+/t17-,18+,19-,20-,21-,23-,24-/m0/s1. The number of allylic oxidation sites excluding steroid dienone is 1. The van der Waals surface area contributed by atoms with Crippen molar-refractivity contribution in [1.82, 2.24) is 0 Å². The molecule has 0 aliphatic heterocycles. The summed E-state index contributed by atoms with van der Waals surface area (Å²) in [6.07, 6.45) is 9.07. The minimum Gasteiger partial charge on any atom is -0.462 e. The second-order valence-corrected chi connectivity index (χ2v) is 10.2. The van der Waals surface area contributed by atoms with Gasteiger partial charge in [-0.05, 0) is 61.7 Å². The lowest BCUT2D eigenvalue weighted by atomic mass is 9.48. The topological polar surface area (TPSA) is 74.2 Å². The summed E-state index contributed by atoms with van der Waals surface area (Å²) in [5.41, 5.74) is 2.46. The molecule has 0 spiro atoms. The molecule has 4 aliphatic carbocycles. The fourth-order valence-corrected chi connectivity index (χ4v) is 7.31. The maximum Gasteiger partial charge on any atom is 0.303 e. The molecule has 7 atom stereocenters. The first kappa shape index (κ1) is 21.4. The zero-order chi connectivity index (χ0) is 21.7. The highest BCUT2D eigenvalue weighted by Gasteiger charge is 2.61. The summed E-state index contributed by atoms with van der Waals surface area (Å²) in [5.74, 6) is 1.14. The predicted molar refractivity (Wildman–Crippen MR) is 113 cm³/mol. The van der Waals surface area contributed by atoms with Gasteiger partial charge in [0, 0.05) is 25.7 Å². The highest BCUT2D eigenvalue weighted by Crippen LogP contribution is 2.64. The molecule has 0 unspecified atom stereocenters. The highest BCUT2D eigenvalue weighted by atomic mass is 16.6. The summed E-state index contributed by atoms with van der Waals surface area (Å²) >= 11 is 0. The number of hydrogen-bond donors (Lipinski definition) is 0. The average Bonchev–Trinajstić information content (AvgIpc) is 2.93. The Morgan fingerprint density at radius 2 is 1.73 bits per heavy atom. The van der Waals surface area contributed by atoms with Gasteiger partial charge in [0.15, 0.2) is 0 Å². The number of carbonyl (C=O) groups excluding carboxylic acids is 2. The summed E-state index contributed by atoms with van der Waals surface area (Å²) in [5, 5.41) is 4.36. The Hall–Kier alpha value is -1.85. The van der Waals surface area contributed by atoms with E-state index < -0.39 is 0 Å². The summed E-state index contributed by atoms with van der Waals surface area (Å²) in [7, 11) is 1.57. The lowest BCUT2D eigenvalue weighted by Crippen LogP contribution is -2.50. The average molecular weight is 418 g/mol. The van der Waals surface area contributed by atoms with Gasteiger partial charge in [-0.15, -0.1) is 0 Å². The molecule has 0 amide bonds. The van der Waals surface area contributed by atoms with E-state index in [9.17, 15) is 9.59 Å². The summed E-state index contributed by atoms with van der Waals surface area (Å²) in [6.45, 7) is 7.68. The molecule has 166 valence electrons. The first-order chi connectivity index (χ1) is 14.2. The number of fused-ring (bicyclic) bond motifs is 5. The van der Waals surface area contributed by atoms with Crippen molar-refractivity contribution in [2.75, 3.05) is 7.11 Å². The molecule has 0 aromatic rings. The van der Waals surface area contributed by atoms with Crippen LogP contribution in [0.3, 0.4) is 0 Å². The molecule has 0 aromatic heterocycles. The second-order valence-electron chi connectivity index (χ2n) is 10.2. The summed E-state index contributed by atoms with van der Waals surface area (Å²) < 4.78 is 11.2. The smallest absolute Gasteiger partial charge is 0.303 e. The lowest BCUT2D eigenvalue weighted by molar-refractivity contribution is -0.148. The molecule has 3 fully saturated rings. The minimum absolute atomic E-state index is 0.0208. The van der Waals surface area contributed by atoms with Gasteiger partial charge >= 0.3 is 11.9 Å². The Kier molecular flexibility index (Phi) is 5.48. The molecule has 4 rings (SSSR count).